The van der Waals surface area contributed by atoms with E-state index in [0.29, 0.717) is 12.2 Å². The Morgan fingerprint density at radius 1 is 1.33 bits per heavy atom. The fourth-order valence-electron chi connectivity index (χ4n) is 1.17. The molecule has 0 aliphatic carbocycles. The summed E-state index contributed by atoms with van der Waals surface area (Å²) in [4.78, 5) is 3.96. The number of aliphatic hydroxyl groups is 1. The van der Waals surface area contributed by atoms with Crippen LogP contribution in [0.15, 0.2) is 4.52 Å². The second-order valence-electron chi connectivity index (χ2n) is 4.02. The zero-order valence-corrected chi connectivity index (χ0v) is 9.16. The third kappa shape index (κ3) is 3.95. The minimum Gasteiger partial charge on any atom is -0.396 e. The molecular weight excluding hydrogens is 199 g/mol. The molecule has 1 aromatic rings. The molecule has 0 atom stereocenters. The van der Waals surface area contributed by atoms with Crippen LogP contribution >= 0.6 is 0 Å². The molecule has 0 bridgehead atoms. The average Bonchev–Trinajstić information content (AvgIpc) is 2.60. The summed E-state index contributed by atoms with van der Waals surface area (Å²) in [6.45, 7) is 2.97. The predicted octanol–water partition coefficient (Wildman–Crippen LogP) is 1.98. The molecule has 1 rings (SSSR count). The summed E-state index contributed by atoms with van der Waals surface area (Å²) in [5, 5.41) is 12.3. The smallest absolute Gasteiger partial charge is 0.263 e. The molecule has 0 aliphatic rings. The largest absolute Gasteiger partial charge is 0.396 e. The molecular formula is C10H17FN2O2. The molecule has 5 heteroatoms. The van der Waals surface area contributed by atoms with E-state index < -0.39 is 5.67 Å². The van der Waals surface area contributed by atoms with Crippen molar-refractivity contribution in [2.45, 2.75) is 45.2 Å². The van der Waals surface area contributed by atoms with Gasteiger partial charge in [-0.3, -0.25) is 0 Å². The number of halogens is 1. The number of alkyl halides is 1. The molecule has 0 aromatic carbocycles. The van der Waals surface area contributed by atoms with Gasteiger partial charge >= 0.3 is 0 Å². The normalized spacial score (nSPS) is 12.0. The van der Waals surface area contributed by atoms with Gasteiger partial charge in [0.2, 0.25) is 0 Å². The SMILES string of the molecule is CC(C)(F)c1nc(CCCCCO)no1. The van der Waals surface area contributed by atoms with Gasteiger partial charge in [-0.05, 0) is 26.7 Å². The van der Waals surface area contributed by atoms with Crippen molar-refractivity contribution in [2.75, 3.05) is 6.61 Å². The van der Waals surface area contributed by atoms with Crippen molar-refractivity contribution in [3.05, 3.63) is 11.7 Å². The summed E-state index contributed by atoms with van der Waals surface area (Å²) in [5.41, 5.74) is -1.57. The maximum Gasteiger partial charge on any atom is 0.263 e. The molecule has 0 amide bonds. The van der Waals surface area contributed by atoms with Crippen molar-refractivity contribution in [1.82, 2.24) is 10.1 Å². The summed E-state index contributed by atoms with van der Waals surface area (Å²) >= 11 is 0. The van der Waals surface area contributed by atoms with E-state index >= 15 is 0 Å². The number of aliphatic hydroxyl groups excluding tert-OH is 1. The van der Waals surface area contributed by atoms with E-state index in [0.717, 1.165) is 19.3 Å². The fraction of sp³-hybridized carbons (Fsp3) is 0.800. The van der Waals surface area contributed by atoms with Gasteiger partial charge in [0.1, 0.15) is 0 Å². The lowest BCUT2D eigenvalue weighted by atomic mass is 10.2. The number of unbranched alkanes of at least 4 members (excludes halogenated alkanes) is 2. The maximum atomic E-state index is 13.3. The van der Waals surface area contributed by atoms with Crippen LogP contribution in [0, 0.1) is 0 Å². The highest BCUT2D eigenvalue weighted by Gasteiger charge is 2.26. The molecule has 0 unspecified atom stereocenters. The Hall–Kier alpha value is -0.970. The third-order valence-corrected chi connectivity index (χ3v) is 2.04. The number of hydrogen-bond acceptors (Lipinski definition) is 4. The summed E-state index contributed by atoms with van der Waals surface area (Å²) in [5.74, 6) is 0.563. The minimum absolute atomic E-state index is 0.0275. The standard InChI is InChI=1S/C10H17FN2O2/c1-10(2,11)9-12-8(13-15-9)6-4-3-5-7-14/h14H,3-7H2,1-2H3. The van der Waals surface area contributed by atoms with Crippen LogP contribution in [-0.4, -0.2) is 21.9 Å². The molecule has 1 heterocycles. The van der Waals surface area contributed by atoms with Gasteiger partial charge in [0, 0.05) is 13.0 Å². The molecule has 4 nitrogen and oxygen atoms in total. The van der Waals surface area contributed by atoms with Gasteiger partial charge in [-0.1, -0.05) is 11.6 Å². The molecule has 0 saturated carbocycles. The van der Waals surface area contributed by atoms with Crippen LogP contribution in [0.4, 0.5) is 4.39 Å². The van der Waals surface area contributed by atoms with Crippen molar-refractivity contribution in [3.8, 4) is 0 Å². The van der Waals surface area contributed by atoms with Gasteiger partial charge in [0.25, 0.3) is 5.89 Å². The topological polar surface area (TPSA) is 59.2 Å². The Labute approximate surface area is 88.5 Å². The van der Waals surface area contributed by atoms with Crippen LogP contribution in [0.2, 0.25) is 0 Å². The van der Waals surface area contributed by atoms with Crippen molar-refractivity contribution in [1.29, 1.82) is 0 Å². The first-order valence-electron chi connectivity index (χ1n) is 5.17. The van der Waals surface area contributed by atoms with E-state index in [-0.39, 0.29) is 12.5 Å². The van der Waals surface area contributed by atoms with Gasteiger partial charge in [0.05, 0.1) is 0 Å². The zero-order valence-electron chi connectivity index (χ0n) is 9.16. The minimum atomic E-state index is -1.57. The molecule has 0 spiro atoms. The second-order valence-corrected chi connectivity index (χ2v) is 4.02. The van der Waals surface area contributed by atoms with Crippen LogP contribution < -0.4 is 0 Å². The Morgan fingerprint density at radius 2 is 2.07 bits per heavy atom. The lowest BCUT2D eigenvalue weighted by Gasteiger charge is -2.05. The molecule has 0 saturated heterocycles. The van der Waals surface area contributed by atoms with Gasteiger partial charge in [0.15, 0.2) is 11.5 Å². The monoisotopic (exact) mass is 216 g/mol. The quantitative estimate of drug-likeness (QED) is 0.739. The summed E-state index contributed by atoms with van der Waals surface area (Å²) in [7, 11) is 0. The molecule has 0 fully saturated rings. The number of rotatable bonds is 6. The highest BCUT2D eigenvalue weighted by molar-refractivity contribution is 4.94. The third-order valence-electron chi connectivity index (χ3n) is 2.04. The number of aromatic nitrogens is 2. The van der Waals surface area contributed by atoms with Crippen LogP contribution in [0.5, 0.6) is 0 Å². The number of nitrogens with zero attached hydrogens (tertiary/aromatic N) is 2. The van der Waals surface area contributed by atoms with Crippen molar-refractivity contribution < 1.29 is 14.0 Å². The maximum absolute atomic E-state index is 13.3. The van der Waals surface area contributed by atoms with Gasteiger partial charge in [-0.2, -0.15) is 4.98 Å². The van der Waals surface area contributed by atoms with Gasteiger partial charge in [-0.15, -0.1) is 0 Å². The van der Waals surface area contributed by atoms with Crippen LogP contribution in [0.1, 0.15) is 44.8 Å². The van der Waals surface area contributed by atoms with Crippen LogP contribution in [-0.2, 0) is 12.1 Å². The molecule has 15 heavy (non-hydrogen) atoms. The van der Waals surface area contributed by atoms with E-state index in [2.05, 4.69) is 10.1 Å². The number of hydrogen-bond donors (Lipinski definition) is 1. The predicted molar refractivity (Wildman–Crippen MR) is 53.1 cm³/mol. The molecule has 1 N–H and O–H groups in total. The Morgan fingerprint density at radius 3 is 2.60 bits per heavy atom. The van der Waals surface area contributed by atoms with Crippen molar-refractivity contribution >= 4 is 0 Å². The van der Waals surface area contributed by atoms with E-state index in [1.807, 2.05) is 0 Å². The summed E-state index contributed by atoms with van der Waals surface area (Å²) in [6.07, 6.45) is 3.24. The molecule has 0 aliphatic heterocycles. The van der Waals surface area contributed by atoms with E-state index in [1.54, 1.807) is 0 Å². The highest BCUT2D eigenvalue weighted by atomic mass is 19.1. The Kier molecular flexibility index (Phi) is 4.20. The first-order valence-corrected chi connectivity index (χ1v) is 5.17. The van der Waals surface area contributed by atoms with Crippen LogP contribution in [0.3, 0.4) is 0 Å². The lowest BCUT2D eigenvalue weighted by molar-refractivity contribution is 0.155. The second kappa shape index (κ2) is 5.21. The van der Waals surface area contributed by atoms with Gasteiger partial charge < -0.3 is 9.63 Å². The molecule has 86 valence electrons. The highest BCUT2D eigenvalue weighted by Crippen LogP contribution is 2.22. The Bertz CT molecular complexity index is 294. The van der Waals surface area contributed by atoms with E-state index in [9.17, 15) is 4.39 Å². The Balaban J connectivity index is 2.40. The lowest BCUT2D eigenvalue weighted by Crippen LogP contribution is -2.09. The summed E-state index contributed by atoms with van der Waals surface area (Å²) < 4.78 is 18.1. The van der Waals surface area contributed by atoms with E-state index in [4.69, 9.17) is 9.63 Å². The van der Waals surface area contributed by atoms with Crippen molar-refractivity contribution in [2.24, 2.45) is 0 Å². The van der Waals surface area contributed by atoms with Gasteiger partial charge in [-0.25, -0.2) is 4.39 Å². The van der Waals surface area contributed by atoms with E-state index in [1.165, 1.54) is 13.8 Å². The first kappa shape index (κ1) is 12.1. The fourth-order valence-corrected chi connectivity index (χ4v) is 1.17. The first-order chi connectivity index (χ1) is 7.04. The molecule has 1 aromatic heterocycles. The molecule has 0 radical (unpaired) electrons. The average molecular weight is 216 g/mol. The van der Waals surface area contributed by atoms with Crippen LogP contribution in [0.25, 0.3) is 0 Å². The van der Waals surface area contributed by atoms with Crippen molar-refractivity contribution in [3.63, 3.8) is 0 Å². The summed E-state index contributed by atoms with van der Waals surface area (Å²) in [6, 6.07) is 0. The zero-order chi connectivity index (χ0) is 11.3. The number of aryl methyl sites for hydroxylation is 1.